The van der Waals surface area contributed by atoms with E-state index in [1.165, 1.54) is 0 Å². The number of rotatable bonds is 3. The average molecular weight is 231 g/mol. The van der Waals surface area contributed by atoms with Gasteiger partial charge in [-0.25, -0.2) is 0 Å². The summed E-state index contributed by atoms with van der Waals surface area (Å²) in [4.78, 5) is 0. The van der Waals surface area contributed by atoms with Gasteiger partial charge in [0.1, 0.15) is 0 Å². The fourth-order valence-corrected chi connectivity index (χ4v) is 0.704. The van der Waals surface area contributed by atoms with E-state index in [9.17, 15) is 0 Å². The number of hydrogen-bond donors (Lipinski definition) is 2. The number of nitrogens with one attached hydrogen (secondary N) is 1. The minimum Gasteiger partial charge on any atom is -0.305 e. The van der Waals surface area contributed by atoms with Crippen molar-refractivity contribution in [3.63, 3.8) is 0 Å². The Bertz CT molecular complexity index is 40.7. The highest BCUT2D eigenvalue weighted by molar-refractivity contribution is 14.1. The molecule has 0 heterocycles. The van der Waals surface area contributed by atoms with E-state index in [2.05, 4.69) is 47.5 Å². The molecule has 0 saturated heterocycles. The van der Waals surface area contributed by atoms with Gasteiger partial charge in [-0.15, -0.1) is 0 Å². The van der Waals surface area contributed by atoms with Crippen LogP contribution in [-0.4, -0.2) is 16.3 Å². The number of hydrogen-bond acceptors (Lipinski definition) is 2. The molecule has 0 spiro atoms. The standard InChI is InChI=1S/C4H10INS/c1-4(5)6-2-3-7/h4,6-7H,2-3H2,1H3. The molecular weight excluding hydrogens is 221 g/mol. The number of halogens is 1. The molecule has 0 aliphatic heterocycles. The third-order valence-electron chi connectivity index (χ3n) is 0.537. The smallest absolute Gasteiger partial charge is 0.0565 e. The Kier molecular flexibility index (Phi) is 5.95. The maximum atomic E-state index is 4.03. The van der Waals surface area contributed by atoms with E-state index in [-0.39, 0.29) is 0 Å². The van der Waals surface area contributed by atoms with E-state index >= 15 is 0 Å². The van der Waals surface area contributed by atoms with Crippen LogP contribution < -0.4 is 5.32 Å². The van der Waals surface area contributed by atoms with Crippen LogP contribution in [0.1, 0.15) is 6.92 Å². The summed E-state index contributed by atoms with van der Waals surface area (Å²) in [6, 6.07) is 0. The summed E-state index contributed by atoms with van der Waals surface area (Å²) in [5.41, 5.74) is 0. The molecule has 0 radical (unpaired) electrons. The van der Waals surface area contributed by atoms with Crippen molar-refractivity contribution in [2.24, 2.45) is 0 Å². The molecule has 0 saturated carbocycles. The minimum absolute atomic E-state index is 0.574. The SMILES string of the molecule is CC(I)NCCS. The normalized spacial score (nSPS) is 14.1. The van der Waals surface area contributed by atoms with Crippen LogP contribution in [0.4, 0.5) is 0 Å². The summed E-state index contributed by atoms with van der Waals surface area (Å²) in [5.74, 6) is 0.924. The summed E-state index contributed by atoms with van der Waals surface area (Å²) < 4.78 is 0.574. The van der Waals surface area contributed by atoms with Crippen LogP contribution >= 0.6 is 35.2 Å². The van der Waals surface area contributed by atoms with E-state index in [4.69, 9.17) is 0 Å². The zero-order valence-corrected chi connectivity index (χ0v) is 7.37. The third kappa shape index (κ3) is 7.04. The van der Waals surface area contributed by atoms with Gasteiger partial charge in [0.2, 0.25) is 0 Å². The molecule has 0 aliphatic carbocycles. The highest BCUT2D eigenvalue weighted by atomic mass is 127. The van der Waals surface area contributed by atoms with Crippen molar-refractivity contribution in [2.75, 3.05) is 12.3 Å². The van der Waals surface area contributed by atoms with Gasteiger partial charge in [-0.1, -0.05) is 22.6 Å². The molecule has 0 rings (SSSR count). The summed E-state index contributed by atoms with van der Waals surface area (Å²) in [6.45, 7) is 3.12. The van der Waals surface area contributed by atoms with Gasteiger partial charge in [0.05, 0.1) is 4.05 Å². The van der Waals surface area contributed by atoms with Crippen LogP contribution in [0.25, 0.3) is 0 Å². The lowest BCUT2D eigenvalue weighted by Crippen LogP contribution is -2.21. The molecule has 0 amide bonds. The van der Waals surface area contributed by atoms with E-state index in [1.54, 1.807) is 0 Å². The topological polar surface area (TPSA) is 12.0 Å². The van der Waals surface area contributed by atoms with Crippen molar-refractivity contribution in [3.8, 4) is 0 Å². The van der Waals surface area contributed by atoms with Gasteiger partial charge < -0.3 is 5.32 Å². The van der Waals surface area contributed by atoms with Crippen molar-refractivity contribution in [3.05, 3.63) is 0 Å². The predicted octanol–water partition coefficient (Wildman–Crippen LogP) is 1.29. The van der Waals surface area contributed by atoms with Crippen molar-refractivity contribution in [1.82, 2.24) is 5.32 Å². The number of thiol groups is 1. The Morgan fingerprint density at radius 1 is 1.86 bits per heavy atom. The molecule has 0 fully saturated rings. The van der Waals surface area contributed by atoms with Crippen LogP contribution in [0, 0.1) is 0 Å². The van der Waals surface area contributed by atoms with E-state index in [1.807, 2.05) is 0 Å². The second-order valence-corrected chi connectivity index (χ2v) is 3.61. The minimum atomic E-state index is 0.574. The highest BCUT2D eigenvalue weighted by Gasteiger charge is 1.87. The largest absolute Gasteiger partial charge is 0.305 e. The quantitative estimate of drug-likeness (QED) is 0.323. The fraction of sp³-hybridized carbons (Fsp3) is 1.00. The first-order valence-electron chi connectivity index (χ1n) is 2.25. The Morgan fingerprint density at radius 2 is 2.43 bits per heavy atom. The Balaban J connectivity index is 2.68. The lowest BCUT2D eigenvalue weighted by atomic mass is 10.7. The van der Waals surface area contributed by atoms with Gasteiger partial charge in [0, 0.05) is 12.3 Å². The third-order valence-corrected chi connectivity index (χ3v) is 1.20. The monoisotopic (exact) mass is 231 g/mol. The second kappa shape index (κ2) is 5.18. The zero-order valence-electron chi connectivity index (χ0n) is 4.32. The first kappa shape index (κ1) is 8.04. The van der Waals surface area contributed by atoms with Crippen molar-refractivity contribution < 1.29 is 0 Å². The van der Waals surface area contributed by atoms with E-state index in [0.29, 0.717) is 4.05 Å². The summed E-state index contributed by atoms with van der Waals surface area (Å²) in [7, 11) is 0. The van der Waals surface area contributed by atoms with Crippen LogP contribution in [-0.2, 0) is 0 Å². The molecule has 1 nitrogen and oxygen atoms in total. The van der Waals surface area contributed by atoms with Gasteiger partial charge in [-0.3, -0.25) is 0 Å². The van der Waals surface area contributed by atoms with Crippen LogP contribution in [0.2, 0.25) is 0 Å². The molecule has 0 aliphatic rings. The van der Waals surface area contributed by atoms with Gasteiger partial charge in [0.15, 0.2) is 0 Å². The van der Waals surface area contributed by atoms with E-state index < -0.39 is 0 Å². The van der Waals surface area contributed by atoms with Gasteiger partial charge >= 0.3 is 0 Å². The van der Waals surface area contributed by atoms with Crippen LogP contribution in [0.15, 0.2) is 0 Å². The second-order valence-electron chi connectivity index (χ2n) is 1.29. The van der Waals surface area contributed by atoms with Crippen molar-refractivity contribution in [1.29, 1.82) is 0 Å². The van der Waals surface area contributed by atoms with Gasteiger partial charge in [0.25, 0.3) is 0 Å². The zero-order chi connectivity index (χ0) is 5.70. The van der Waals surface area contributed by atoms with E-state index in [0.717, 1.165) is 12.3 Å². The van der Waals surface area contributed by atoms with Gasteiger partial charge in [-0.05, 0) is 6.92 Å². The van der Waals surface area contributed by atoms with Crippen molar-refractivity contribution >= 4 is 35.2 Å². The summed E-state index contributed by atoms with van der Waals surface area (Å²) >= 11 is 6.35. The summed E-state index contributed by atoms with van der Waals surface area (Å²) in [5, 5.41) is 3.21. The summed E-state index contributed by atoms with van der Waals surface area (Å²) in [6.07, 6.45) is 0. The molecular formula is C4H10INS. The molecule has 0 aromatic carbocycles. The highest BCUT2D eigenvalue weighted by Crippen LogP contribution is 1.90. The lowest BCUT2D eigenvalue weighted by molar-refractivity contribution is 0.747. The van der Waals surface area contributed by atoms with Gasteiger partial charge in [-0.2, -0.15) is 12.6 Å². The Labute approximate surface area is 63.8 Å². The van der Waals surface area contributed by atoms with Crippen LogP contribution in [0.5, 0.6) is 0 Å². The molecule has 0 aromatic heterocycles. The predicted molar refractivity (Wildman–Crippen MR) is 45.3 cm³/mol. The Morgan fingerprint density at radius 3 is 2.57 bits per heavy atom. The fourth-order valence-electron chi connectivity index (χ4n) is 0.263. The Hall–Kier alpha value is 1.04. The first-order valence-corrected chi connectivity index (χ1v) is 4.13. The molecule has 0 aromatic rings. The lowest BCUT2D eigenvalue weighted by Gasteiger charge is -2.01. The molecule has 1 N–H and O–H groups in total. The molecule has 7 heavy (non-hydrogen) atoms. The molecule has 1 unspecified atom stereocenters. The maximum absolute atomic E-state index is 4.03. The van der Waals surface area contributed by atoms with Crippen LogP contribution in [0.3, 0.4) is 0 Å². The molecule has 1 atom stereocenters. The maximum Gasteiger partial charge on any atom is 0.0565 e. The first-order chi connectivity index (χ1) is 3.27. The molecule has 44 valence electrons. The van der Waals surface area contributed by atoms with Crippen molar-refractivity contribution in [2.45, 2.75) is 11.0 Å². The molecule has 0 bridgehead atoms. The average Bonchev–Trinajstić information content (AvgIpc) is 1.61. The number of alkyl halides is 1. The molecule has 3 heteroatoms.